The van der Waals surface area contributed by atoms with E-state index in [1.54, 1.807) is 24.3 Å². The van der Waals surface area contributed by atoms with Crippen LogP contribution in [0.2, 0.25) is 0 Å². The largest absolute Gasteiger partial charge is 0.394 e. The highest BCUT2D eigenvalue weighted by molar-refractivity contribution is 5.95. The number of aliphatic hydroxyl groups excluding tert-OH is 1. The number of aliphatic hydroxyl groups is 1. The maximum atomic E-state index is 11.9. The van der Waals surface area contributed by atoms with E-state index in [0.29, 0.717) is 30.9 Å². The molecule has 7 nitrogen and oxygen atoms in total. The minimum atomic E-state index is -0.503. The van der Waals surface area contributed by atoms with Crippen molar-refractivity contribution in [1.29, 1.82) is 0 Å². The third-order valence-electron chi connectivity index (χ3n) is 3.25. The summed E-state index contributed by atoms with van der Waals surface area (Å²) in [5, 5.41) is 11.8. The second-order valence-corrected chi connectivity index (χ2v) is 4.90. The molecule has 1 fully saturated rings. The van der Waals surface area contributed by atoms with Gasteiger partial charge in [-0.1, -0.05) is 0 Å². The zero-order chi connectivity index (χ0) is 15.2. The van der Waals surface area contributed by atoms with Crippen LogP contribution in [0.4, 0.5) is 5.69 Å². The van der Waals surface area contributed by atoms with E-state index in [9.17, 15) is 9.59 Å². The van der Waals surface area contributed by atoms with Gasteiger partial charge < -0.3 is 20.9 Å². The van der Waals surface area contributed by atoms with Gasteiger partial charge in [0, 0.05) is 24.3 Å². The van der Waals surface area contributed by atoms with Crippen molar-refractivity contribution in [2.75, 3.05) is 38.2 Å². The van der Waals surface area contributed by atoms with Crippen LogP contribution in [0.5, 0.6) is 0 Å². The van der Waals surface area contributed by atoms with Gasteiger partial charge in [-0.2, -0.15) is 0 Å². The molecule has 4 N–H and O–H groups in total. The zero-order valence-corrected chi connectivity index (χ0v) is 11.6. The first-order valence-electron chi connectivity index (χ1n) is 6.73. The Balaban J connectivity index is 1.85. The van der Waals surface area contributed by atoms with Crippen LogP contribution in [-0.2, 0) is 9.53 Å². The Hall–Kier alpha value is -1.96. The van der Waals surface area contributed by atoms with E-state index in [1.165, 1.54) is 0 Å². The van der Waals surface area contributed by atoms with Gasteiger partial charge in [-0.05, 0) is 24.3 Å². The molecule has 114 valence electrons. The van der Waals surface area contributed by atoms with Gasteiger partial charge in [0.2, 0.25) is 11.8 Å². The SMILES string of the molecule is NC(=O)c1ccc(NC(=O)CN2CCOC(CO)C2)cc1. The Bertz CT molecular complexity index is 503. The zero-order valence-electron chi connectivity index (χ0n) is 11.6. The van der Waals surface area contributed by atoms with Crippen molar-refractivity contribution >= 4 is 17.5 Å². The fraction of sp³-hybridized carbons (Fsp3) is 0.429. The fourth-order valence-corrected chi connectivity index (χ4v) is 2.16. The molecule has 0 aromatic heterocycles. The number of ether oxygens (including phenoxy) is 1. The summed E-state index contributed by atoms with van der Waals surface area (Å²) in [5.41, 5.74) is 6.15. The van der Waals surface area contributed by atoms with Crippen molar-refractivity contribution in [3.05, 3.63) is 29.8 Å². The Labute approximate surface area is 122 Å². The van der Waals surface area contributed by atoms with Crippen LogP contribution in [0.3, 0.4) is 0 Å². The van der Waals surface area contributed by atoms with Crippen LogP contribution in [-0.4, -0.2) is 60.8 Å². The minimum Gasteiger partial charge on any atom is -0.394 e. The van der Waals surface area contributed by atoms with Crippen LogP contribution >= 0.6 is 0 Å². The summed E-state index contributed by atoms with van der Waals surface area (Å²) in [6.45, 7) is 1.88. The van der Waals surface area contributed by atoms with Crippen LogP contribution in [0.1, 0.15) is 10.4 Å². The number of hydrogen-bond donors (Lipinski definition) is 3. The number of carbonyl (C=O) groups is 2. The predicted octanol–water partition coefficient (Wildman–Crippen LogP) is -0.583. The lowest BCUT2D eigenvalue weighted by atomic mass is 10.2. The van der Waals surface area contributed by atoms with Gasteiger partial charge in [-0.15, -0.1) is 0 Å². The minimum absolute atomic E-state index is 0.0489. The van der Waals surface area contributed by atoms with Gasteiger partial charge in [-0.25, -0.2) is 0 Å². The Morgan fingerprint density at radius 3 is 2.71 bits per heavy atom. The number of nitrogens with one attached hydrogen (secondary N) is 1. The molecule has 2 rings (SSSR count). The first-order valence-corrected chi connectivity index (χ1v) is 6.73. The van der Waals surface area contributed by atoms with Gasteiger partial charge in [-0.3, -0.25) is 14.5 Å². The summed E-state index contributed by atoms with van der Waals surface area (Å²) in [6.07, 6.45) is -0.235. The van der Waals surface area contributed by atoms with Gasteiger partial charge in [0.15, 0.2) is 0 Å². The number of amides is 2. The van der Waals surface area contributed by atoms with Crippen molar-refractivity contribution in [3.63, 3.8) is 0 Å². The molecule has 0 saturated carbocycles. The molecule has 1 heterocycles. The van der Waals surface area contributed by atoms with Crippen molar-refractivity contribution in [2.45, 2.75) is 6.10 Å². The number of carbonyl (C=O) groups excluding carboxylic acids is 2. The molecule has 1 aromatic carbocycles. The highest BCUT2D eigenvalue weighted by Gasteiger charge is 2.21. The van der Waals surface area contributed by atoms with Crippen molar-refractivity contribution in [1.82, 2.24) is 4.90 Å². The van der Waals surface area contributed by atoms with Gasteiger partial charge in [0.25, 0.3) is 0 Å². The maximum absolute atomic E-state index is 11.9. The molecule has 1 saturated heterocycles. The first-order chi connectivity index (χ1) is 10.1. The third kappa shape index (κ3) is 4.52. The number of rotatable bonds is 5. The Morgan fingerprint density at radius 2 is 2.10 bits per heavy atom. The maximum Gasteiger partial charge on any atom is 0.248 e. The second kappa shape index (κ2) is 7.16. The molecule has 1 atom stereocenters. The fourth-order valence-electron chi connectivity index (χ4n) is 2.16. The molecule has 1 unspecified atom stereocenters. The summed E-state index contributed by atoms with van der Waals surface area (Å²) >= 11 is 0. The molecule has 1 aromatic rings. The number of benzene rings is 1. The summed E-state index contributed by atoms with van der Waals surface area (Å²) in [5.74, 6) is -0.656. The topological polar surface area (TPSA) is 105 Å². The predicted molar refractivity (Wildman–Crippen MR) is 76.9 cm³/mol. The molecule has 21 heavy (non-hydrogen) atoms. The van der Waals surface area contributed by atoms with Crippen LogP contribution in [0.15, 0.2) is 24.3 Å². The average molecular weight is 293 g/mol. The van der Waals surface area contributed by atoms with E-state index in [1.807, 2.05) is 4.90 Å². The van der Waals surface area contributed by atoms with Crippen LogP contribution in [0, 0.1) is 0 Å². The molecule has 7 heteroatoms. The standard InChI is InChI=1S/C14H19N3O4/c15-14(20)10-1-3-11(4-2-10)16-13(19)8-17-5-6-21-12(7-17)9-18/h1-4,12,18H,5-9H2,(H2,15,20)(H,16,19). The Morgan fingerprint density at radius 1 is 1.38 bits per heavy atom. The van der Waals surface area contributed by atoms with E-state index in [0.717, 1.165) is 0 Å². The normalized spacial score (nSPS) is 19.2. The summed E-state index contributed by atoms with van der Waals surface area (Å²) in [7, 11) is 0. The van der Waals surface area contributed by atoms with E-state index < -0.39 is 5.91 Å². The molecule has 0 bridgehead atoms. The molecule has 1 aliphatic rings. The van der Waals surface area contributed by atoms with Crippen LogP contribution < -0.4 is 11.1 Å². The summed E-state index contributed by atoms with van der Waals surface area (Å²) in [4.78, 5) is 24.8. The smallest absolute Gasteiger partial charge is 0.248 e. The van der Waals surface area contributed by atoms with Crippen molar-refractivity contribution in [2.24, 2.45) is 5.73 Å². The number of morpholine rings is 1. The first kappa shape index (κ1) is 15.4. The van der Waals surface area contributed by atoms with Gasteiger partial charge in [0.1, 0.15) is 0 Å². The van der Waals surface area contributed by atoms with Crippen molar-refractivity contribution < 1.29 is 19.4 Å². The van der Waals surface area contributed by atoms with E-state index >= 15 is 0 Å². The Kier molecular flexibility index (Phi) is 5.26. The number of hydrogen-bond acceptors (Lipinski definition) is 5. The summed E-state index contributed by atoms with van der Waals surface area (Å²) < 4.78 is 5.33. The third-order valence-corrected chi connectivity index (χ3v) is 3.25. The highest BCUT2D eigenvalue weighted by atomic mass is 16.5. The molecule has 1 aliphatic heterocycles. The van der Waals surface area contributed by atoms with Gasteiger partial charge >= 0.3 is 0 Å². The number of nitrogens with two attached hydrogens (primary N) is 1. The van der Waals surface area contributed by atoms with E-state index in [2.05, 4.69) is 5.32 Å². The molecule has 0 radical (unpaired) electrons. The second-order valence-electron chi connectivity index (χ2n) is 4.90. The van der Waals surface area contributed by atoms with E-state index in [-0.39, 0.29) is 25.2 Å². The molecule has 0 aliphatic carbocycles. The lowest BCUT2D eigenvalue weighted by molar-refractivity contribution is -0.120. The highest BCUT2D eigenvalue weighted by Crippen LogP contribution is 2.10. The average Bonchev–Trinajstić information content (AvgIpc) is 2.47. The quantitative estimate of drug-likeness (QED) is 0.673. The van der Waals surface area contributed by atoms with Crippen LogP contribution in [0.25, 0.3) is 0 Å². The lowest BCUT2D eigenvalue weighted by Gasteiger charge is -2.31. The molecule has 2 amide bonds. The number of anilines is 1. The molecular weight excluding hydrogens is 274 g/mol. The molecule has 0 spiro atoms. The monoisotopic (exact) mass is 293 g/mol. The van der Waals surface area contributed by atoms with Gasteiger partial charge in [0.05, 0.1) is 25.9 Å². The number of nitrogens with zero attached hydrogens (tertiary/aromatic N) is 1. The lowest BCUT2D eigenvalue weighted by Crippen LogP contribution is -2.46. The summed E-state index contributed by atoms with van der Waals surface area (Å²) in [6, 6.07) is 6.39. The van der Waals surface area contributed by atoms with Crippen molar-refractivity contribution in [3.8, 4) is 0 Å². The number of primary amides is 1. The molecular formula is C14H19N3O4. The van der Waals surface area contributed by atoms with E-state index in [4.69, 9.17) is 15.6 Å².